The van der Waals surface area contributed by atoms with Crippen LogP contribution in [0, 0.1) is 0 Å². The fraction of sp³-hybridized carbons (Fsp3) is 0.333. The summed E-state index contributed by atoms with van der Waals surface area (Å²) in [5.41, 5.74) is 7.50. The van der Waals surface area contributed by atoms with Crippen molar-refractivity contribution in [2.45, 2.75) is 13.3 Å². The van der Waals surface area contributed by atoms with Gasteiger partial charge in [-0.1, -0.05) is 12.2 Å². The van der Waals surface area contributed by atoms with Crippen LogP contribution in [0.25, 0.3) is 0 Å². The first-order valence-electron chi connectivity index (χ1n) is 5.06. The van der Waals surface area contributed by atoms with Crippen molar-refractivity contribution in [2.75, 3.05) is 24.7 Å². The summed E-state index contributed by atoms with van der Waals surface area (Å²) in [4.78, 5) is 0. The maximum absolute atomic E-state index is 5.82. The summed E-state index contributed by atoms with van der Waals surface area (Å²) in [6, 6.07) is 5.61. The van der Waals surface area contributed by atoms with E-state index < -0.39 is 0 Å². The van der Waals surface area contributed by atoms with Crippen LogP contribution in [0.1, 0.15) is 13.3 Å². The average molecular weight is 206 g/mol. The second kappa shape index (κ2) is 5.96. The monoisotopic (exact) mass is 206 g/mol. The molecule has 1 rings (SSSR count). The fourth-order valence-corrected chi connectivity index (χ4v) is 1.27. The highest BCUT2D eigenvalue weighted by molar-refractivity contribution is 5.68. The van der Waals surface area contributed by atoms with Crippen LogP contribution in [0.4, 0.5) is 11.4 Å². The minimum Gasteiger partial charge on any atom is -0.497 e. The van der Waals surface area contributed by atoms with Crippen molar-refractivity contribution in [3.63, 3.8) is 0 Å². The SMILES string of the molecule is C/C=C/CCNc1cc(OC)ccc1N. The van der Waals surface area contributed by atoms with E-state index in [-0.39, 0.29) is 0 Å². The van der Waals surface area contributed by atoms with Crippen LogP contribution in [0.2, 0.25) is 0 Å². The number of anilines is 2. The molecule has 0 aromatic heterocycles. The summed E-state index contributed by atoms with van der Waals surface area (Å²) >= 11 is 0. The van der Waals surface area contributed by atoms with Crippen LogP contribution in [-0.4, -0.2) is 13.7 Å². The first kappa shape index (κ1) is 11.4. The largest absolute Gasteiger partial charge is 0.497 e. The van der Waals surface area contributed by atoms with Crippen molar-refractivity contribution >= 4 is 11.4 Å². The minimum atomic E-state index is 0.747. The Morgan fingerprint density at radius 2 is 2.27 bits per heavy atom. The molecule has 0 aliphatic heterocycles. The Morgan fingerprint density at radius 1 is 1.47 bits per heavy atom. The highest BCUT2D eigenvalue weighted by atomic mass is 16.5. The van der Waals surface area contributed by atoms with Gasteiger partial charge < -0.3 is 15.8 Å². The first-order chi connectivity index (χ1) is 7.27. The summed E-state index contributed by atoms with van der Waals surface area (Å²) in [5, 5.41) is 3.27. The summed E-state index contributed by atoms with van der Waals surface area (Å²) in [6.45, 7) is 2.89. The highest BCUT2D eigenvalue weighted by Gasteiger charge is 1.99. The van der Waals surface area contributed by atoms with Crippen molar-refractivity contribution in [3.8, 4) is 5.75 Å². The number of nitrogen functional groups attached to an aromatic ring is 1. The second-order valence-corrected chi connectivity index (χ2v) is 3.24. The van der Waals surface area contributed by atoms with Crippen LogP contribution < -0.4 is 15.8 Å². The Balaban J connectivity index is 2.58. The van der Waals surface area contributed by atoms with E-state index in [2.05, 4.69) is 11.4 Å². The predicted octanol–water partition coefficient (Wildman–Crippen LogP) is 2.66. The lowest BCUT2D eigenvalue weighted by molar-refractivity contribution is 0.415. The highest BCUT2D eigenvalue weighted by Crippen LogP contribution is 2.24. The first-order valence-corrected chi connectivity index (χ1v) is 5.06. The normalized spacial score (nSPS) is 10.5. The van der Waals surface area contributed by atoms with Crippen LogP contribution in [0.5, 0.6) is 5.75 Å². The van der Waals surface area contributed by atoms with Gasteiger partial charge in [0.1, 0.15) is 5.75 Å². The molecule has 1 aromatic carbocycles. The maximum Gasteiger partial charge on any atom is 0.121 e. The quantitative estimate of drug-likeness (QED) is 0.442. The molecule has 1 aromatic rings. The van der Waals surface area contributed by atoms with Gasteiger partial charge in [-0.05, 0) is 25.5 Å². The van der Waals surface area contributed by atoms with Gasteiger partial charge in [0.2, 0.25) is 0 Å². The number of hydrogen-bond donors (Lipinski definition) is 2. The molecular formula is C12H18N2O. The third-order valence-corrected chi connectivity index (χ3v) is 2.12. The van der Waals surface area contributed by atoms with Gasteiger partial charge in [-0.2, -0.15) is 0 Å². The topological polar surface area (TPSA) is 47.3 Å². The second-order valence-electron chi connectivity index (χ2n) is 3.24. The molecule has 0 saturated carbocycles. The van der Waals surface area contributed by atoms with E-state index in [1.54, 1.807) is 7.11 Å². The molecule has 0 aliphatic carbocycles. The molecule has 0 amide bonds. The Kier molecular flexibility index (Phi) is 4.54. The van der Waals surface area contributed by atoms with E-state index in [1.807, 2.05) is 31.2 Å². The Hall–Kier alpha value is -1.64. The van der Waals surface area contributed by atoms with Crippen molar-refractivity contribution in [1.82, 2.24) is 0 Å². The molecule has 0 fully saturated rings. The Morgan fingerprint density at radius 3 is 2.93 bits per heavy atom. The van der Waals surface area contributed by atoms with E-state index in [0.29, 0.717) is 0 Å². The number of nitrogens with one attached hydrogen (secondary N) is 1. The third-order valence-electron chi connectivity index (χ3n) is 2.12. The summed E-state index contributed by atoms with van der Waals surface area (Å²) < 4.78 is 5.13. The van der Waals surface area contributed by atoms with Gasteiger partial charge in [0.05, 0.1) is 18.5 Å². The molecule has 3 N–H and O–H groups in total. The van der Waals surface area contributed by atoms with E-state index >= 15 is 0 Å². The lowest BCUT2D eigenvalue weighted by atomic mass is 10.2. The third kappa shape index (κ3) is 3.54. The van der Waals surface area contributed by atoms with Crippen molar-refractivity contribution < 1.29 is 4.74 Å². The van der Waals surface area contributed by atoms with E-state index in [4.69, 9.17) is 10.5 Å². The molecular weight excluding hydrogens is 188 g/mol. The molecule has 0 saturated heterocycles. The lowest BCUT2D eigenvalue weighted by Gasteiger charge is -2.09. The average Bonchev–Trinajstić information content (AvgIpc) is 2.26. The van der Waals surface area contributed by atoms with Gasteiger partial charge in [-0.3, -0.25) is 0 Å². The molecule has 0 aliphatic rings. The number of benzene rings is 1. The smallest absolute Gasteiger partial charge is 0.121 e. The van der Waals surface area contributed by atoms with Crippen LogP contribution in [-0.2, 0) is 0 Å². The number of hydrogen-bond acceptors (Lipinski definition) is 3. The van der Waals surface area contributed by atoms with Gasteiger partial charge in [0.25, 0.3) is 0 Å². The molecule has 0 atom stereocenters. The van der Waals surface area contributed by atoms with Gasteiger partial charge in [0.15, 0.2) is 0 Å². The van der Waals surface area contributed by atoms with Crippen LogP contribution in [0.15, 0.2) is 30.4 Å². The van der Waals surface area contributed by atoms with Crippen LogP contribution >= 0.6 is 0 Å². The summed E-state index contributed by atoms with van der Waals surface area (Å²) in [5.74, 6) is 0.817. The number of rotatable bonds is 5. The zero-order valence-electron chi connectivity index (χ0n) is 9.29. The number of methoxy groups -OCH3 is 1. The summed E-state index contributed by atoms with van der Waals surface area (Å²) in [6.07, 6.45) is 5.15. The number of allylic oxidation sites excluding steroid dienone is 1. The van der Waals surface area contributed by atoms with Gasteiger partial charge >= 0.3 is 0 Å². The Bertz CT molecular complexity index is 334. The molecule has 82 valence electrons. The molecule has 3 nitrogen and oxygen atoms in total. The zero-order valence-corrected chi connectivity index (χ0v) is 9.29. The van der Waals surface area contributed by atoms with E-state index in [0.717, 1.165) is 30.1 Å². The van der Waals surface area contributed by atoms with Gasteiger partial charge in [-0.15, -0.1) is 0 Å². The fourth-order valence-electron chi connectivity index (χ4n) is 1.27. The van der Waals surface area contributed by atoms with Crippen molar-refractivity contribution in [2.24, 2.45) is 0 Å². The Labute approximate surface area is 90.9 Å². The van der Waals surface area contributed by atoms with Crippen molar-refractivity contribution in [1.29, 1.82) is 0 Å². The number of ether oxygens (including phenoxy) is 1. The standard InChI is InChI=1S/C12H18N2O/c1-3-4-5-8-14-12-9-10(15-2)6-7-11(12)13/h3-4,6-7,9,14H,5,8,13H2,1-2H3/b4-3+. The van der Waals surface area contributed by atoms with E-state index in [9.17, 15) is 0 Å². The van der Waals surface area contributed by atoms with Crippen LogP contribution in [0.3, 0.4) is 0 Å². The van der Waals surface area contributed by atoms with Gasteiger partial charge in [0, 0.05) is 12.6 Å². The molecule has 3 heteroatoms. The number of nitrogens with two attached hydrogens (primary N) is 1. The summed E-state index contributed by atoms with van der Waals surface area (Å²) in [7, 11) is 1.65. The molecule has 0 radical (unpaired) electrons. The maximum atomic E-state index is 5.82. The minimum absolute atomic E-state index is 0.747. The van der Waals surface area contributed by atoms with E-state index in [1.165, 1.54) is 0 Å². The molecule has 0 spiro atoms. The molecule has 0 unspecified atom stereocenters. The lowest BCUT2D eigenvalue weighted by Crippen LogP contribution is -2.03. The zero-order chi connectivity index (χ0) is 11.1. The molecule has 15 heavy (non-hydrogen) atoms. The predicted molar refractivity (Wildman–Crippen MR) is 65.3 cm³/mol. The van der Waals surface area contributed by atoms with Gasteiger partial charge in [-0.25, -0.2) is 0 Å². The van der Waals surface area contributed by atoms with Crippen molar-refractivity contribution in [3.05, 3.63) is 30.4 Å². The molecule has 0 bridgehead atoms. The molecule has 0 heterocycles.